The summed E-state index contributed by atoms with van der Waals surface area (Å²) in [6.07, 6.45) is 3.37. The first-order valence-corrected chi connectivity index (χ1v) is 13.1. The summed E-state index contributed by atoms with van der Waals surface area (Å²) in [6, 6.07) is 11.9. The number of aliphatic hydroxyl groups excluding tert-OH is 1. The number of carbonyl (C=O) groups excluding carboxylic acids is 2. The number of carboxylic acids is 1. The Labute approximate surface area is 216 Å². The summed E-state index contributed by atoms with van der Waals surface area (Å²) in [4.78, 5) is 44.1. The van der Waals surface area contributed by atoms with Gasteiger partial charge in [0.05, 0.1) is 24.2 Å². The van der Waals surface area contributed by atoms with Gasteiger partial charge in [0.15, 0.2) is 0 Å². The average molecular weight is 507 g/mol. The van der Waals surface area contributed by atoms with Crippen LogP contribution in [0.5, 0.6) is 0 Å². The van der Waals surface area contributed by atoms with Gasteiger partial charge in [-0.15, -0.1) is 6.58 Å². The number of hydrogen-bond acceptors (Lipinski definition) is 5. The molecule has 2 N–H and O–H groups in total. The van der Waals surface area contributed by atoms with E-state index < -0.39 is 47.0 Å². The second kappa shape index (κ2) is 9.26. The monoisotopic (exact) mass is 506 g/mol. The molecule has 3 heterocycles. The first kappa shape index (κ1) is 25.4. The first-order chi connectivity index (χ1) is 17.8. The van der Waals surface area contributed by atoms with Crippen molar-refractivity contribution in [2.24, 2.45) is 11.8 Å². The fourth-order valence-corrected chi connectivity index (χ4v) is 7.06. The summed E-state index contributed by atoms with van der Waals surface area (Å²) in [5.41, 5.74) is -1.59. The van der Waals surface area contributed by atoms with Gasteiger partial charge in [0, 0.05) is 12.2 Å². The lowest BCUT2D eigenvalue weighted by molar-refractivity contribution is -0.157. The lowest BCUT2D eigenvalue weighted by Crippen LogP contribution is -2.59. The molecule has 37 heavy (non-hydrogen) atoms. The van der Waals surface area contributed by atoms with Crippen LogP contribution in [0.4, 0.5) is 5.69 Å². The van der Waals surface area contributed by atoms with Gasteiger partial charge >= 0.3 is 5.97 Å². The first-order valence-electron chi connectivity index (χ1n) is 13.1. The maximum Gasteiger partial charge on any atom is 0.310 e. The molecule has 3 aliphatic rings. The molecule has 2 unspecified atom stereocenters. The van der Waals surface area contributed by atoms with Gasteiger partial charge in [-0.1, -0.05) is 50.3 Å². The van der Waals surface area contributed by atoms with Crippen LogP contribution in [0.25, 0.3) is 10.8 Å². The molecule has 1 spiro atoms. The van der Waals surface area contributed by atoms with Crippen LogP contribution in [0.3, 0.4) is 0 Å². The molecular weight excluding hydrogens is 472 g/mol. The number of benzene rings is 2. The van der Waals surface area contributed by atoms with Gasteiger partial charge in [0.25, 0.3) is 5.91 Å². The van der Waals surface area contributed by atoms with E-state index >= 15 is 0 Å². The minimum absolute atomic E-state index is 0.202. The van der Waals surface area contributed by atoms with E-state index in [0.29, 0.717) is 31.4 Å². The summed E-state index contributed by atoms with van der Waals surface area (Å²) < 4.78 is 6.60. The fourth-order valence-electron chi connectivity index (χ4n) is 7.06. The number of rotatable bonds is 9. The summed E-state index contributed by atoms with van der Waals surface area (Å²) >= 11 is 0. The van der Waals surface area contributed by atoms with Crippen molar-refractivity contribution in [3.05, 3.63) is 55.1 Å². The van der Waals surface area contributed by atoms with Gasteiger partial charge in [-0.05, 0) is 48.6 Å². The quantitative estimate of drug-likeness (QED) is 0.505. The highest BCUT2D eigenvalue weighted by atomic mass is 16.5. The standard InChI is InChI=1S/C29H34N2O6/c1-4-15-30(21-12-11-18-9-7-8-10-19(18)16-21)26(34)24-29-14-13-28(6-3,37-29)23(27(35)36)22(29)25(33)31(24)20(5-2)17-32/h4,7-12,16,20,22-24,32H,1,5-6,13-15,17H2,2-3H3,(H,35,36)/t20-,22-,23+,24?,28-,29?/m0/s1. The van der Waals surface area contributed by atoms with Crippen molar-refractivity contribution in [3.8, 4) is 0 Å². The van der Waals surface area contributed by atoms with Crippen molar-refractivity contribution in [1.29, 1.82) is 0 Å². The van der Waals surface area contributed by atoms with Gasteiger partial charge in [0.2, 0.25) is 5.91 Å². The number of hydrogen-bond donors (Lipinski definition) is 2. The van der Waals surface area contributed by atoms with Crippen LogP contribution in [-0.4, -0.2) is 69.3 Å². The fraction of sp³-hybridized carbons (Fsp3) is 0.483. The van der Waals surface area contributed by atoms with Crippen LogP contribution in [0.1, 0.15) is 39.5 Å². The molecule has 6 atom stereocenters. The van der Waals surface area contributed by atoms with Crippen LogP contribution in [-0.2, 0) is 19.1 Å². The Bertz CT molecular complexity index is 1260. The number of anilines is 1. The second-order valence-corrected chi connectivity index (χ2v) is 10.4. The van der Waals surface area contributed by atoms with E-state index in [1.54, 1.807) is 11.0 Å². The molecule has 3 aliphatic heterocycles. The second-order valence-electron chi connectivity index (χ2n) is 10.4. The average Bonchev–Trinajstić information content (AvgIpc) is 3.51. The van der Waals surface area contributed by atoms with E-state index in [9.17, 15) is 24.6 Å². The smallest absolute Gasteiger partial charge is 0.310 e. The normalized spacial score (nSPS) is 30.9. The number of aliphatic hydroxyl groups is 1. The largest absolute Gasteiger partial charge is 0.481 e. The maximum atomic E-state index is 14.5. The van der Waals surface area contributed by atoms with Crippen LogP contribution in [0.2, 0.25) is 0 Å². The Morgan fingerprint density at radius 3 is 2.57 bits per heavy atom. The Morgan fingerprint density at radius 1 is 1.22 bits per heavy atom. The molecule has 3 saturated heterocycles. The van der Waals surface area contributed by atoms with Crippen LogP contribution in [0.15, 0.2) is 55.1 Å². The van der Waals surface area contributed by atoms with E-state index in [0.717, 1.165) is 10.8 Å². The maximum absolute atomic E-state index is 14.5. The van der Waals surface area contributed by atoms with Crippen molar-refractivity contribution in [2.75, 3.05) is 18.1 Å². The van der Waals surface area contributed by atoms with E-state index in [-0.39, 0.29) is 19.1 Å². The van der Waals surface area contributed by atoms with Gasteiger partial charge < -0.3 is 24.7 Å². The molecule has 2 aromatic carbocycles. The van der Waals surface area contributed by atoms with Crippen LogP contribution >= 0.6 is 0 Å². The molecule has 2 bridgehead atoms. The number of carbonyl (C=O) groups is 3. The minimum atomic E-state index is -1.26. The SMILES string of the molecule is C=CCN(C(=O)C1N([C@@H](CC)CO)C(=O)[C@@H]2[C@H](C(=O)O)[C@]3(CC)CCC12O3)c1ccc2ccccc2c1. The van der Waals surface area contributed by atoms with Crippen molar-refractivity contribution in [1.82, 2.24) is 4.90 Å². The molecule has 2 amide bonds. The summed E-state index contributed by atoms with van der Waals surface area (Å²) in [6.45, 7) is 7.43. The molecule has 3 fully saturated rings. The van der Waals surface area contributed by atoms with Gasteiger partial charge in [-0.2, -0.15) is 0 Å². The van der Waals surface area contributed by atoms with Gasteiger partial charge in [-0.25, -0.2) is 0 Å². The van der Waals surface area contributed by atoms with Crippen molar-refractivity contribution in [2.45, 2.75) is 62.8 Å². The highest BCUT2D eigenvalue weighted by Crippen LogP contribution is 2.64. The lowest BCUT2D eigenvalue weighted by atomic mass is 9.65. The van der Waals surface area contributed by atoms with Gasteiger partial charge in [0.1, 0.15) is 17.6 Å². The zero-order chi connectivity index (χ0) is 26.5. The number of likely N-dealkylation sites (tertiary alicyclic amines) is 1. The molecule has 8 heteroatoms. The zero-order valence-electron chi connectivity index (χ0n) is 21.3. The number of fused-ring (bicyclic) bond motifs is 2. The number of ether oxygens (including phenoxy) is 1. The van der Waals surface area contributed by atoms with Crippen molar-refractivity contribution >= 4 is 34.2 Å². The predicted molar refractivity (Wildman–Crippen MR) is 139 cm³/mol. The molecular formula is C29H34N2O6. The van der Waals surface area contributed by atoms with Gasteiger partial charge in [-0.3, -0.25) is 14.4 Å². The number of carboxylic acid groups (broad SMARTS) is 1. The lowest BCUT2D eigenvalue weighted by Gasteiger charge is -2.39. The predicted octanol–water partition coefficient (Wildman–Crippen LogP) is 3.37. The molecule has 196 valence electrons. The molecule has 0 aromatic heterocycles. The highest BCUT2D eigenvalue weighted by molar-refractivity contribution is 6.05. The molecule has 0 radical (unpaired) electrons. The summed E-state index contributed by atoms with van der Waals surface area (Å²) in [5, 5.41) is 22.4. The molecule has 0 saturated carbocycles. The topological polar surface area (TPSA) is 107 Å². The van der Waals surface area contributed by atoms with E-state index in [1.165, 1.54) is 4.90 Å². The minimum Gasteiger partial charge on any atom is -0.481 e. The van der Waals surface area contributed by atoms with E-state index in [4.69, 9.17) is 4.74 Å². The van der Waals surface area contributed by atoms with E-state index in [2.05, 4.69) is 6.58 Å². The third-order valence-corrected chi connectivity index (χ3v) is 8.82. The highest BCUT2D eigenvalue weighted by Gasteiger charge is 2.79. The molecule has 2 aromatic rings. The number of aliphatic carboxylic acids is 1. The van der Waals surface area contributed by atoms with Crippen molar-refractivity contribution < 1.29 is 29.3 Å². The molecule has 5 rings (SSSR count). The molecule has 8 nitrogen and oxygen atoms in total. The summed E-state index contributed by atoms with van der Waals surface area (Å²) in [7, 11) is 0. The Morgan fingerprint density at radius 2 is 1.95 bits per heavy atom. The number of nitrogens with zero attached hydrogens (tertiary/aromatic N) is 2. The van der Waals surface area contributed by atoms with E-state index in [1.807, 2.05) is 56.3 Å². The zero-order valence-corrected chi connectivity index (χ0v) is 21.3. The summed E-state index contributed by atoms with van der Waals surface area (Å²) in [5.74, 6) is -3.86. The third-order valence-electron chi connectivity index (χ3n) is 8.82. The van der Waals surface area contributed by atoms with Crippen molar-refractivity contribution in [3.63, 3.8) is 0 Å². The third kappa shape index (κ3) is 3.53. The van der Waals surface area contributed by atoms with Crippen LogP contribution < -0.4 is 4.90 Å². The Balaban J connectivity index is 1.65. The van der Waals surface area contributed by atoms with Crippen LogP contribution in [0, 0.1) is 11.8 Å². The Kier molecular flexibility index (Phi) is 6.36. The Hall–Kier alpha value is -3.23. The molecule has 0 aliphatic carbocycles. The number of amides is 2.